The summed E-state index contributed by atoms with van der Waals surface area (Å²) < 4.78 is 41.3. The summed E-state index contributed by atoms with van der Waals surface area (Å²) >= 11 is -0.199. The summed E-state index contributed by atoms with van der Waals surface area (Å²) in [5.41, 5.74) is -3.75. The third-order valence-corrected chi connectivity index (χ3v) is 3.70. The number of rotatable bonds is 6. The molecule has 0 saturated heterocycles. The average Bonchev–Trinajstić information content (AvgIpc) is 2.49. The van der Waals surface area contributed by atoms with Crippen LogP contribution in [0.4, 0.5) is 13.2 Å². The van der Waals surface area contributed by atoms with Gasteiger partial charge in [-0.15, -0.1) is 0 Å². The Kier molecular flexibility index (Phi) is 7.34. The van der Waals surface area contributed by atoms with Gasteiger partial charge in [0.25, 0.3) is 0 Å². The van der Waals surface area contributed by atoms with E-state index in [0.717, 1.165) is 0 Å². The maximum atomic E-state index is 12.3. The number of carbonyl (C=O) groups is 2. The topological polar surface area (TPSA) is 46.6 Å². The van der Waals surface area contributed by atoms with Crippen molar-refractivity contribution < 1.29 is 27.5 Å². The minimum absolute atomic E-state index is 0.0699. The molecule has 0 atom stereocenters. The molecule has 1 amide bonds. The van der Waals surface area contributed by atoms with E-state index >= 15 is 0 Å². The Bertz CT molecular complexity index is 598. The third-order valence-electron chi connectivity index (χ3n) is 2.97. The van der Waals surface area contributed by atoms with Gasteiger partial charge in [-0.1, -0.05) is 12.1 Å². The van der Waals surface area contributed by atoms with Crippen LogP contribution in [-0.4, -0.2) is 42.0 Å². The maximum absolute atomic E-state index is 12.3. The summed E-state index contributed by atoms with van der Waals surface area (Å²) in [6.07, 6.45) is 2.76. The number of benzene rings is 1. The molecule has 0 fully saturated rings. The Balaban J connectivity index is 2.76. The number of carbonyl (C=O) groups excluding carboxylic acids is 2. The molecule has 0 bridgehead atoms. The minimum atomic E-state index is -4.33. The van der Waals surface area contributed by atoms with Gasteiger partial charge in [-0.3, -0.25) is 9.59 Å². The van der Waals surface area contributed by atoms with Crippen LogP contribution in [0.1, 0.15) is 19.4 Å². The molecular formula is C16H18F3NO3S. The standard InChI is InChI=1S/C16H18F3NO3S/c1-11(2)20(10-15(22)23-3)14(21)9-6-12-4-7-13(8-5-12)24-16(17,18)19/h4-9,11H,10H2,1-3H3/b9-6+. The summed E-state index contributed by atoms with van der Waals surface area (Å²) in [5, 5.41) is 0. The van der Waals surface area contributed by atoms with Gasteiger partial charge in [0.2, 0.25) is 5.91 Å². The van der Waals surface area contributed by atoms with E-state index in [1.165, 1.54) is 48.4 Å². The first-order valence-electron chi connectivity index (χ1n) is 7.03. The van der Waals surface area contributed by atoms with Gasteiger partial charge in [0.1, 0.15) is 6.54 Å². The SMILES string of the molecule is COC(=O)CN(C(=O)/C=C/c1ccc(SC(F)(F)F)cc1)C(C)C. The van der Waals surface area contributed by atoms with Crippen molar-refractivity contribution >= 4 is 29.7 Å². The Hall–Kier alpha value is -1.96. The van der Waals surface area contributed by atoms with Crippen molar-refractivity contribution in [2.24, 2.45) is 0 Å². The van der Waals surface area contributed by atoms with Gasteiger partial charge in [0, 0.05) is 17.0 Å². The van der Waals surface area contributed by atoms with Crippen LogP contribution in [0.5, 0.6) is 0 Å². The number of alkyl halides is 3. The van der Waals surface area contributed by atoms with Gasteiger partial charge in [-0.05, 0) is 49.4 Å². The monoisotopic (exact) mass is 361 g/mol. The van der Waals surface area contributed by atoms with Crippen LogP contribution >= 0.6 is 11.8 Å². The zero-order chi connectivity index (χ0) is 18.3. The lowest BCUT2D eigenvalue weighted by Gasteiger charge is -2.24. The van der Waals surface area contributed by atoms with Crippen molar-refractivity contribution in [3.63, 3.8) is 0 Å². The van der Waals surface area contributed by atoms with Crippen LogP contribution in [0.2, 0.25) is 0 Å². The second-order valence-corrected chi connectivity index (χ2v) is 6.22. The number of methoxy groups -OCH3 is 1. The normalized spacial score (nSPS) is 11.8. The van der Waals surface area contributed by atoms with E-state index in [1.54, 1.807) is 13.8 Å². The highest BCUT2D eigenvalue weighted by Gasteiger charge is 2.28. The number of hydrogen-bond donors (Lipinski definition) is 0. The Morgan fingerprint density at radius 1 is 1.25 bits per heavy atom. The predicted octanol–water partition coefficient (Wildman–Crippen LogP) is 3.72. The fourth-order valence-corrected chi connectivity index (χ4v) is 2.30. The number of esters is 1. The molecule has 0 spiro atoms. The van der Waals surface area contributed by atoms with Crippen molar-refractivity contribution in [1.29, 1.82) is 0 Å². The predicted molar refractivity (Wildman–Crippen MR) is 86.3 cm³/mol. The molecule has 0 aliphatic rings. The van der Waals surface area contributed by atoms with Crippen LogP contribution < -0.4 is 0 Å². The average molecular weight is 361 g/mol. The Morgan fingerprint density at radius 2 is 1.83 bits per heavy atom. The van der Waals surface area contributed by atoms with Crippen molar-refractivity contribution in [3.8, 4) is 0 Å². The first-order chi connectivity index (χ1) is 11.1. The molecule has 0 aromatic heterocycles. The van der Waals surface area contributed by atoms with Crippen molar-refractivity contribution in [1.82, 2.24) is 4.90 Å². The lowest BCUT2D eigenvalue weighted by molar-refractivity contribution is -0.146. The smallest absolute Gasteiger partial charge is 0.446 e. The fraction of sp³-hybridized carbons (Fsp3) is 0.375. The van der Waals surface area contributed by atoms with Crippen LogP contribution in [0.25, 0.3) is 6.08 Å². The molecule has 24 heavy (non-hydrogen) atoms. The molecule has 0 heterocycles. The van der Waals surface area contributed by atoms with Crippen LogP contribution in [0.15, 0.2) is 35.2 Å². The van der Waals surface area contributed by atoms with Gasteiger partial charge in [-0.25, -0.2) is 0 Å². The third kappa shape index (κ3) is 7.08. The second kappa shape index (κ2) is 8.77. The molecule has 0 unspecified atom stereocenters. The lowest BCUT2D eigenvalue weighted by Crippen LogP contribution is -2.40. The van der Waals surface area contributed by atoms with Gasteiger partial charge in [0.05, 0.1) is 7.11 Å². The van der Waals surface area contributed by atoms with E-state index in [0.29, 0.717) is 5.56 Å². The molecule has 8 heteroatoms. The summed E-state index contributed by atoms with van der Waals surface area (Å²) in [6, 6.07) is 5.43. The number of ether oxygens (including phenoxy) is 1. The largest absolute Gasteiger partial charge is 0.468 e. The van der Waals surface area contributed by atoms with Gasteiger partial charge in [-0.2, -0.15) is 13.2 Å². The van der Waals surface area contributed by atoms with Crippen LogP contribution in [0.3, 0.4) is 0 Å². The fourth-order valence-electron chi connectivity index (χ4n) is 1.76. The molecule has 1 rings (SSSR count). The number of nitrogens with zero attached hydrogens (tertiary/aromatic N) is 1. The first kappa shape index (κ1) is 20.1. The molecule has 0 N–H and O–H groups in total. The zero-order valence-electron chi connectivity index (χ0n) is 13.5. The molecule has 0 radical (unpaired) electrons. The van der Waals surface area contributed by atoms with Gasteiger partial charge < -0.3 is 9.64 Å². The second-order valence-electron chi connectivity index (χ2n) is 5.09. The van der Waals surface area contributed by atoms with Crippen molar-refractivity contribution in [3.05, 3.63) is 35.9 Å². The molecule has 0 aliphatic carbocycles. The van der Waals surface area contributed by atoms with Crippen LogP contribution in [0, 0.1) is 0 Å². The van der Waals surface area contributed by atoms with E-state index < -0.39 is 11.5 Å². The molecule has 1 aromatic carbocycles. The van der Waals surface area contributed by atoms with E-state index in [4.69, 9.17) is 0 Å². The van der Waals surface area contributed by atoms with E-state index in [1.807, 2.05) is 0 Å². The van der Waals surface area contributed by atoms with Gasteiger partial charge >= 0.3 is 11.5 Å². The quantitative estimate of drug-likeness (QED) is 0.440. The molecule has 4 nitrogen and oxygen atoms in total. The Labute approximate surface area is 142 Å². The molecule has 0 saturated carbocycles. The highest BCUT2D eigenvalue weighted by Crippen LogP contribution is 2.36. The summed E-state index contributed by atoms with van der Waals surface area (Å²) in [4.78, 5) is 24.9. The van der Waals surface area contributed by atoms with E-state index in [9.17, 15) is 22.8 Å². The number of halogens is 3. The number of thioether (sulfide) groups is 1. The maximum Gasteiger partial charge on any atom is 0.446 e. The highest BCUT2D eigenvalue weighted by molar-refractivity contribution is 8.00. The molecule has 0 aliphatic heterocycles. The van der Waals surface area contributed by atoms with Gasteiger partial charge in [0.15, 0.2) is 0 Å². The summed E-state index contributed by atoms with van der Waals surface area (Å²) in [6.45, 7) is 3.36. The van der Waals surface area contributed by atoms with Crippen molar-refractivity contribution in [2.75, 3.05) is 13.7 Å². The van der Waals surface area contributed by atoms with E-state index in [-0.39, 0.29) is 35.2 Å². The molecular weight excluding hydrogens is 343 g/mol. The number of amides is 1. The minimum Gasteiger partial charge on any atom is -0.468 e. The van der Waals surface area contributed by atoms with E-state index in [2.05, 4.69) is 4.74 Å². The lowest BCUT2D eigenvalue weighted by atomic mass is 10.2. The first-order valence-corrected chi connectivity index (χ1v) is 7.85. The highest BCUT2D eigenvalue weighted by atomic mass is 32.2. The molecule has 1 aromatic rings. The van der Waals surface area contributed by atoms with Crippen LogP contribution in [-0.2, 0) is 14.3 Å². The summed E-state index contributed by atoms with van der Waals surface area (Å²) in [7, 11) is 1.24. The number of hydrogen-bond acceptors (Lipinski definition) is 4. The molecule has 132 valence electrons. The summed E-state index contributed by atoms with van der Waals surface area (Å²) in [5.74, 6) is -0.914. The Morgan fingerprint density at radius 3 is 2.29 bits per heavy atom. The van der Waals surface area contributed by atoms with Crippen molar-refractivity contribution in [2.45, 2.75) is 30.3 Å². The zero-order valence-corrected chi connectivity index (χ0v) is 14.3.